The highest BCUT2D eigenvalue weighted by molar-refractivity contribution is 6.41. The van der Waals surface area contributed by atoms with Crippen molar-refractivity contribution < 1.29 is 82.0 Å². The van der Waals surface area contributed by atoms with Gasteiger partial charge in [-0.2, -0.15) is 0 Å². The number of likely N-dealkylation sites (tertiary alicyclic amines) is 3. The molecule has 0 aliphatic carbocycles. The third kappa shape index (κ3) is 20.2. The van der Waals surface area contributed by atoms with Crippen LogP contribution in [0.25, 0.3) is 44.1 Å². The van der Waals surface area contributed by atoms with Gasteiger partial charge in [0.05, 0.1) is 184 Å². The third-order valence-corrected chi connectivity index (χ3v) is 23.3. The normalized spacial score (nSPS) is 20.3. The molecule has 0 bridgehead atoms. The molecule has 4 saturated heterocycles. The SMILES string of the molecule is CC1CCC(c2ccc3nc[nH]c3c2)N(C(=O)C(=O)Nc2cnc3c(c2)C(=O)CNO3)C1.CC1CCC(c2ccc3nc[nH]c3c2)NC1.C[C@@H]1CC[C@@H](c2ccc3nc[nH]c3c2)N(C(=O)C(=O)Nc2cnc3c(c2)C(=O)CNO3)C1.C[C@H]1CC[C@H](c2ccc3nc[nH]c3c2)N(C(=O)C(=O)Nc2cnc3c(c2)C(=O)CNO3)C1.O=C(O)C(=O)Nc1cnc2c(c1)C(=O)CNO2. The van der Waals surface area contributed by atoms with E-state index >= 15 is 0 Å². The first-order chi connectivity index (χ1) is 62.4. The lowest BCUT2D eigenvalue weighted by Crippen LogP contribution is -2.46. The zero-order valence-corrected chi connectivity index (χ0v) is 70.2. The van der Waals surface area contributed by atoms with Gasteiger partial charge >= 0.3 is 47.3 Å². The van der Waals surface area contributed by atoms with E-state index in [1.54, 1.807) is 40.0 Å². The fourth-order valence-electron chi connectivity index (χ4n) is 16.5. The number of aromatic amines is 4. The Hall–Kier alpha value is -15.2. The average Bonchev–Trinajstić information content (AvgIpc) is 1.78. The maximum atomic E-state index is 13.2. The van der Waals surface area contributed by atoms with E-state index in [9.17, 15) is 57.5 Å². The number of aliphatic carboxylic acids is 1. The third-order valence-electron chi connectivity index (χ3n) is 23.3. The van der Waals surface area contributed by atoms with Gasteiger partial charge in [0, 0.05) is 25.7 Å². The fourth-order valence-corrected chi connectivity index (χ4v) is 16.5. The van der Waals surface area contributed by atoms with Crippen LogP contribution in [0.1, 0.15) is 167 Å². The topological polar surface area (TPSA) is 546 Å². The van der Waals surface area contributed by atoms with Gasteiger partial charge in [-0.05, 0) is 177 Å². The molecule has 7 amide bonds. The number of nitrogens with zero attached hydrogens (tertiary/aromatic N) is 11. The Morgan fingerprint density at radius 1 is 0.349 bits per heavy atom. The van der Waals surface area contributed by atoms with E-state index in [1.807, 2.05) is 54.6 Å². The lowest BCUT2D eigenvalue weighted by molar-refractivity contribution is -0.147. The predicted molar refractivity (Wildman–Crippen MR) is 463 cm³/mol. The number of piperidine rings is 4. The second-order valence-corrected chi connectivity index (χ2v) is 32.6. The minimum Gasteiger partial charge on any atom is -0.474 e. The Labute approximate surface area is 733 Å². The zero-order valence-electron chi connectivity index (χ0n) is 70.2. The fraction of sp³-hybridized carbons (Fsp3) is 0.318. The summed E-state index contributed by atoms with van der Waals surface area (Å²) in [6, 6.07) is 29.7. The van der Waals surface area contributed by atoms with Crippen molar-refractivity contribution >= 4 is 137 Å². The number of benzene rings is 4. The lowest BCUT2D eigenvalue weighted by Gasteiger charge is -2.38. The predicted octanol–water partition coefficient (Wildman–Crippen LogP) is 7.74. The molecule has 4 aromatic carbocycles. The van der Waals surface area contributed by atoms with Crippen LogP contribution in [0.4, 0.5) is 22.7 Å². The summed E-state index contributed by atoms with van der Waals surface area (Å²) in [7, 11) is 0. The summed E-state index contributed by atoms with van der Waals surface area (Å²) >= 11 is 0. The van der Waals surface area contributed by atoms with Crippen LogP contribution in [0.15, 0.2) is 147 Å². The number of Topliss-reactive ketones (excluding diaryl/α,β-unsaturated/α-hetero) is 4. The molecule has 0 saturated carbocycles. The van der Waals surface area contributed by atoms with E-state index < -0.39 is 47.3 Å². The summed E-state index contributed by atoms with van der Waals surface area (Å²) in [6.07, 6.45) is 19.6. The van der Waals surface area contributed by atoms with Gasteiger partial charge in [-0.3, -0.25) is 52.7 Å². The number of carbonyl (C=O) groups is 12. The molecule has 0 radical (unpaired) electrons. The van der Waals surface area contributed by atoms with E-state index in [2.05, 4.69) is 154 Å². The molecule has 16 heterocycles. The number of amides is 7. The highest BCUT2D eigenvalue weighted by Crippen LogP contribution is 2.40. The number of ketones is 4. The number of carboxylic acids is 1. The molecule has 129 heavy (non-hydrogen) atoms. The first-order valence-corrected chi connectivity index (χ1v) is 42.0. The van der Waals surface area contributed by atoms with Crippen molar-refractivity contribution in [1.29, 1.82) is 0 Å². The molecule has 4 unspecified atom stereocenters. The maximum absolute atomic E-state index is 13.2. The molecule has 41 heteroatoms. The van der Waals surface area contributed by atoms with Gasteiger partial charge in [0.25, 0.3) is 0 Å². The number of carbonyl (C=O) groups excluding carboxylic acids is 11. The van der Waals surface area contributed by atoms with Crippen LogP contribution in [-0.2, 0) is 38.4 Å². The van der Waals surface area contributed by atoms with Crippen molar-refractivity contribution in [2.24, 2.45) is 23.7 Å². The number of rotatable bonds is 8. The molecule has 8 aliphatic rings. The number of imidazole rings is 4. The Balaban J connectivity index is 0.000000121. The van der Waals surface area contributed by atoms with E-state index in [-0.39, 0.29) is 154 Å². The zero-order chi connectivity index (χ0) is 90.1. The van der Waals surface area contributed by atoms with Gasteiger partial charge in [0.1, 0.15) is 0 Å². The van der Waals surface area contributed by atoms with E-state index in [1.165, 1.54) is 67.5 Å². The Bertz CT molecular complexity index is 5910. The monoisotopic (exact) mass is 1750 g/mol. The van der Waals surface area contributed by atoms with Gasteiger partial charge in [0.15, 0.2) is 23.1 Å². The van der Waals surface area contributed by atoms with Crippen molar-refractivity contribution in [2.75, 3.05) is 73.6 Å². The number of H-pyrrole nitrogens is 4. The molecule has 12 aromatic rings. The molecule has 4 fully saturated rings. The molecule has 664 valence electrons. The van der Waals surface area contributed by atoms with Crippen LogP contribution < -0.4 is 67.9 Å². The Morgan fingerprint density at radius 3 is 0.915 bits per heavy atom. The number of hydroxylamine groups is 4. The maximum Gasteiger partial charge on any atom is 0.394 e. The molecule has 0 spiro atoms. The highest BCUT2D eigenvalue weighted by atomic mass is 16.7. The molecule has 41 nitrogen and oxygen atoms in total. The Kier molecular flexibility index (Phi) is 26.2. The van der Waals surface area contributed by atoms with Crippen LogP contribution >= 0.6 is 0 Å². The Morgan fingerprint density at radius 2 is 0.628 bits per heavy atom. The van der Waals surface area contributed by atoms with Crippen molar-refractivity contribution in [1.82, 2.24) is 102 Å². The van der Waals surface area contributed by atoms with Gasteiger partial charge in [0.2, 0.25) is 23.5 Å². The molecular formula is C88H90N24O17. The number of nitrogens with one attached hydrogen (secondary N) is 13. The summed E-state index contributed by atoms with van der Waals surface area (Å²) in [4.78, 5) is 217. The van der Waals surface area contributed by atoms with E-state index in [4.69, 9.17) is 24.5 Å². The van der Waals surface area contributed by atoms with Crippen molar-refractivity contribution in [3.05, 3.63) is 192 Å². The summed E-state index contributed by atoms with van der Waals surface area (Å²) in [5.74, 6) is -5.67. The van der Waals surface area contributed by atoms with Crippen molar-refractivity contribution in [3.8, 4) is 23.5 Å². The second kappa shape index (κ2) is 38.7. The standard InChI is InChI=1S/3C22H22N6O4.C13H17N3.C9H7N3O5/c3*1-12-2-5-18(13-3-4-16-17(6-13)25-11-24-16)28(10-12)22(31)20(30)27-14-7-15-19(29)9-26-32-21(15)23-8-14;1-9-2-4-11(14-7-9)10-3-5-12-13(6-10)16-8-15-12;13-6-3-11-17-8-5(6)1-4(2-10-8)12-7(14)9(15)16/h3*3-4,6-8,11-12,18,26H,2,5,9-10H2,1H3,(H,24,25)(H,27,30);3,5-6,8-9,11,14H,2,4,7H2,1H3,(H,15,16);1-2,11H,3H2,(H,12,14)(H,15,16)/t2*12-,18+;;;/m10.../s1. The average molecular weight is 1760 g/mol. The molecular weight excluding hydrogens is 1670 g/mol. The lowest BCUT2D eigenvalue weighted by atomic mass is 9.89. The first kappa shape index (κ1) is 87.3. The number of fused-ring (bicyclic) bond motifs is 8. The molecule has 14 N–H and O–H groups in total. The number of carboxylic acid groups (broad SMARTS) is 1. The van der Waals surface area contributed by atoms with Crippen LogP contribution in [-0.4, -0.2) is 202 Å². The quantitative estimate of drug-likeness (QED) is 0.0647. The second-order valence-electron chi connectivity index (χ2n) is 32.6. The highest BCUT2D eigenvalue weighted by Gasteiger charge is 2.39. The summed E-state index contributed by atoms with van der Waals surface area (Å²) in [5, 5.41) is 21.8. The van der Waals surface area contributed by atoms with Crippen LogP contribution in [0.3, 0.4) is 0 Å². The number of hydrogen-bond donors (Lipinski definition) is 14. The van der Waals surface area contributed by atoms with Gasteiger partial charge in [-0.15, -0.1) is 21.9 Å². The molecule has 8 aromatic heterocycles. The van der Waals surface area contributed by atoms with Gasteiger partial charge in [-0.1, -0.05) is 52.0 Å². The van der Waals surface area contributed by atoms with E-state index in [0.29, 0.717) is 25.7 Å². The number of pyridine rings is 4. The van der Waals surface area contributed by atoms with Crippen molar-refractivity contribution in [2.45, 2.75) is 103 Å². The van der Waals surface area contributed by atoms with Crippen molar-refractivity contribution in [3.63, 3.8) is 0 Å². The van der Waals surface area contributed by atoms with Gasteiger partial charge in [-0.25, -0.2) is 44.7 Å². The summed E-state index contributed by atoms with van der Waals surface area (Å²) in [6.45, 7) is 11.1. The molecule has 20 rings (SSSR count). The smallest absolute Gasteiger partial charge is 0.394 e. The van der Waals surface area contributed by atoms with E-state index in [0.717, 1.165) is 112 Å². The van der Waals surface area contributed by atoms with Crippen LogP contribution in [0.5, 0.6) is 23.5 Å². The minimum atomic E-state index is -1.62. The van der Waals surface area contributed by atoms with Gasteiger partial charge < -0.3 is 85.7 Å². The minimum absolute atomic E-state index is 0.00892. The number of aromatic nitrogens is 12. The number of hydrogen-bond acceptors (Lipinski definition) is 29. The number of anilines is 4. The first-order valence-electron chi connectivity index (χ1n) is 42.0. The molecule has 8 aliphatic heterocycles. The van der Waals surface area contributed by atoms with Crippen LogP contribution in [0, 0.1) is 23.7 Å². The summed E-state index contributed by atoms with van der Waals surface area (Å²) in [5.41, 5.74) is 23.3. The molecule has 8 atom stereocenters. The summed E-state index contributed by atoms with van der Waals surface area (Å²) < 4.78 is 0. The largest absolute Gasteiger partial charge is 0.474 e. The van der Waals surface area contributed by atoms with Crippen LogP contribution in [0.2, 0.25) is 0 Å².